The molecule has 0 saturated carbocycles. The molecular formula is C18H26N2O2. The quantitative estimate of drug-likeness (QED) is 0.727. The highest BCUT2D eigenvalue weighted by Crippen LogP contribution is 2.21. The Morgan fingerprint density at radius 1 is 1.23 bits per heavy atom. The van der Waals surface area contributed by atoms with E-state index >= 15 is 0 Å². The molecule has 0 aromatic heterocycles. The molecule has 1 aromatic rings. The fourth-order valence-electron chi connectivity index (χ4n) is 2.95. The molecule has 0 radical (unpaired) electrons. The van der Waals surface area contributed by atoms with Gasteiger partial charge < -0.3 is 9.80 Å². The zero-order chi connectivity index (χ0) is 15.9. The van der Waals surface area contributed by atoms with Gasteiger partial charge in [-0.15, -0.1) is 0 Å². The second kappa shape index (κ2) is 7.97. The maximum Gasteiger partial charge on any atom is 0.243 e. The molecule has 0 aliphatic carbocycles. The van der Waals surface area contributed by atoms with Crippen LogP contribution < -0.4 is 0 Å². The third-order valence-electron chi connectivity index (χ3n) is 4.35. The van der Waals surface area contributed by atoms with E-state index in [-0.39, 0.29) is 24.5 Å². The molecule has 4 heteroatoms. The second-order valence-electron chi connectivity index (χ2n) is 5.99. The summed E-state index contributed by atoms with van der Waals surface area (Å²) < 4.78 is 0. The summed E-state index contributed by atoms with van der Waals surface area (Å²) in [6, 6.07) is 10.2. The number of benzene rings is 1. The van der Waals surface area contributed by atoms with Crippen LogP contribution in [0.15, 0.2) is 30.3 Å². The average molecular weight is 302 g/mol. The van der Waals surface area contributed by atoms with Gasteiger partial charge >= 0.3 is 0 Å². The number of carbonyl (C=O) groups excluding carboxylic acids is 2. The van der Waals surface area contributed by atoms with Gasteiger partial charge in [-0.25, -0.2) is 0 Å². The lowest BCUT2D eigenvalue weighted by Gasteiger charge is -2.27. The van der Waals surface area contributed by atoms with Gasteiger partial charge in [-0.2, -0.15) is 0 Å². The van der Waals surface area contributed by atoms with Crippen molar-refractivity contribution in [3.63, 3.8) is 0 Å². The Bertz CT molecular complexity index is 501. The van der Waals surface area contributed by atoms with Crippen LogP contribution in [0.3, 0.4) is 0 Å². The third-order valence-corrected chi connectivity index (χ3v) is 4.35. The van der Waals surface area contributed by atoms with Crippen molar-refractivity contribution in [2.24, 2.45) is 0 Å². The number of rotatable bonds is 7. The molecule has 1 atom stereocenters. The summed E-state index contributed by atoms with van der Waals surface area (Å²) in [6.07, 6.45) is 5.21. The van der Waals surface area contributed by atoms with Crippen molar-refractivity contribution in [3.05, 3.63) is 35.9 Å². The highest BCUT2D eigenvalue weighted by atomic mass is 16.2. The summed E-state index contributed by atoms with van der Waals surface area (Å²) in [5.74, 6) is 0.158. The molecular weight excluding hydrogens is 276 g/mol. The van der Waals surface area contributed by atoms with Gasteiger partial charge in [-0.05, 0) is 24.8 Å². The Hall–Kier alpha value is -1.84. The fourth-order valence-corrected chi connectivity index (χ4v) is 2.95. The van der Waals surface area contributed by atoms with Crippen LogP contribution in [-0.2, 0) is 16.0 Å². The highest BCUT2D eigenvalue weighted by molar-refractivity contribution is 5.88. The SMILES string of the molecule is CCCCCC(=O)N1CC(=O)N(C)C1CCc1ccccc1. The van der Waals surface area contributed by atoms with E-state index in [0.29, 0.717) is 6.42 Å². The van der Waals surface area contributed by atoms with Gasteiger partial charge in [0.25, 0.3) is 0 Å². The van der Waals surface area contributed by atoms with E-state index in [1.54, 1.807) is 16.8 Å². The Kier molecular flexibility index (Phi) is 5.99. The molecule has 1 fully saturated rings. The van der Waals surface area contributed by atoms with Crippen LogP contribution in [0.2, 0.25) is 0 Å². The standard InChI is InChI=1S/C18H26N2O2/c1-3-4-6-11-17(21)20-14-18(22)19(2)16(20)13-12-15-9-7-5-8-10-15/h5,7-10,16H,3-4,6,11-14H2,1-2H3. The van der Waals surface area contributed by atoms with Gasteiger partial charge in [-0.1, -0.05) is 50.1 Å². The molecule has 0 N–H and O–H groups in total. The maximum atomic E-state index is 12.4. The van der Waals surface area contributed by atoms with Gasteiger partial charge in [-0.3, -0.25) is 9.59 Å². The summed E-state index contributed by atoms with van der Waals surface area (Å²) in [6.45, 7) is 2.36. The average Bonchev–Trinajstić information content (AvgIpc) is 2.82. The summed E-state index contributed by atoms with van der Waals surface area (Å²) in [5.41, 5.74) is 1.24. The molecule has 1 saturated heterocycles. The first-order valence-corrected chi connectivity index (χ1v) is 8.22. The molecule has 1 heterocycles. The van der Waals surface area contributed by atoms with E-state index in [2.05, 4.69) is 19.1 Å². The van der Waals surface area contributed by atoms with E-state index in [0.717, 1.165) is 32.1 Å². The Labute approximate surface area is 133 Å². The summed E-state index contributed by atoms with van der Waals surface area (Å²) in [5, 5.41) is 0. The van der Waals surface area contributed by atoms with Crippen LogP contribution in [0.1, 0.15) is 44.6 Å². The van der Waals surface area contributed by atoms with Crippen LogP contribution in [-0.4, -0.2) is 41.4 Å². The van der Waals surface area contributed by atoms with Gasteiger partial charge in [0.05, 0.1) is 0 Å². The van der Waals surface area contributed by atoms with Crippen molar-refractivity contribution in [2.45, 2.75) is 51.6 Å². The van der Waals surface area contributed by atoms with E-state index in [1.165, 1.54) is 5.56 Å². The normalized spacial score (nSPS) is 18.1. The van der Waals surface area contributed by atoms with Crippen LogP contribution in [0.5, 0.6) is 0 Å². The van der Waals surface area contributed by atoms with Crippen LogP contribution >= 0.6 is 0 Å². The lowest BCUT2D eigenvalue weighted by Crippen LogP contribution is -2.41. The zero-order valence-corrected chi connectivity index (χ0v) is 13.6. The summed E-state index contributed by atoms with van der Waals surface area (Å²) in [7, 11) is 1.80. The Morgan fingerprint density at radius 2 is 1.95 bits per heavy atom. The minimum atomic E-state index is -0.0955. The molecule has 1 aromatic carbocycles. The molecule has 0 spiro atoms. The van der Waals surface area contributed by atoms with Crippen molar-refractivity contribution < 1.29 is 9.59 Å². The monoisotopic (exact) mass is 302 g/mol. The van der Waals surface area contributed by atoms with Crippen molar-refractivity contribution in [1.29, 1.82) is 0 Å². The number of carbonyl (C=O) groups is 2. The molecule has 1 unspecified atom stereocenters. The molecule has 2 rings (SSSR count). The van der Waals surface area contributed by atoms with Crippen LogP contribution in [0.25, 0.3) is 0 Å². The molecule has 120 valence electrons. The third kappa shape index (κ3) is 4.09. The molecule has 2 amide bonds. The smallest absolute Gasteiger partial charge is 0.243 e. The van der Waals surface area contributed by atoms with Crippen LogP contribution in [0, 0.1) is 0 Å². The zero-order valence-electron chi connectivity index (χ0n) is 13.6. The number of amides is 2. The largest absolute Gasteiger partial charge is 0.324 e. The predicted octanol–water partition coefficient (Wildman–Crippen LogP) is 2.83. The van der Waals surface area contributed by atoms with Gasteiger partial charge in [0.2, 0.25) is 11.8 Å². The number of nitrogens with zero attached hydrogens (tertiary/aromatic N) is 2. The van der Waals surface area contributed by atoms with E-state index in [4.69, 9.17) is 0 Å². The first kappa shape index (κ1) is 16.5. The maximum absolute atomic E-state index is 12.4. The minimum absolute atomic E-state index is 0.0434. The van der Waals surface area contributed by atoms with Gasteiger partial charge in [0.1, 0.15) is 12.7 Å². The van der Waals surface area contributed by atoms with E-state index in [9.17, 15) is 9.59 Å². The highest BCUT2D eigenvalue weighted by Gasteiger charge is 2.37. The van der Waals surface area contributed by atoms with Gasteiger partial charge in [0, 0.05) is 13.5 Å². The summed E-state index contributed by atoms with van der Waals surface area (Å²) in [4.78, 5) is 27.8. The fraction of sp³-hybridized carbons (Fsp3) is 0.556. The van der Waals surface area contributed by atoms with Crippen molar-refractivity contribution in [2.75, 3.05) is 13.6 Å². The molecule has 1 aliphatic heterocycles. The number of hydrogen-bond acceptors (Lipinski definition) is 2. The number of hydrogen-bond donors (Lipinski definition) is 0. The lowest BCUT2D eigenvalue weighted by atomic mass is 10.1. The Balaban J connectivity index is 1.95. The van der Waals surface area contributed by atoms with E-state index < -0.39 is 0 Å². The van der Waals surface area contributed by atoms with Crippen molar-refractivity contribution >= 4 is 11.8 Å². The second-order valence-corrected chi connectivity index (χ2v) is 5.99. The topological polar surface area (TPSA) is 40.6 Å². The predicted molar refractivity (Wildman–Crippen MR) is 87.2 cm³/mol. The number of unbranched alkanes of at least 4 members (excludes halogenated alkanes) is 2. The van der Waals surface area contributed by atoms with E-state index in [1.807, 2.05) is 18.2 Å². The molecule has 22 heavy (non-hydrogen) atoms. The number of likely N-dealkylation sites (N-methyl/N-ethyl adjacent to an activating group) is 1. The molecule has 4 nitrogen and oxygen atoms in total. The number of aryl methyl sites for hydroxylation is 1. The van der Waals surface area contributed by atoms with Crippen LogP contribution in [0.4, 0.5) is 0 Å². The van der Waals surface area contributed by atoms with Crippen molar-refractivity contribution in [3.8, 4) is 0 Å². The molecule has 0 bridgehead atoms. The first-order chi connectivity index (χ1) is 10.6. The minimum Gasteiger partial charge on any atom is -0.324 e. The first-order valence-electron chi connectivity index (χ1n) is 8.22. The lowest BCUT2D eigenvalue weighted by molar-refractivity contribution is -0.133. The summed E-state index contributed by atoms with van der Waals surface area (Å²) >= 11 is 0. The van der Waals surface area contributed by atoms with Gasteiger partial charge in [0.15, 0.2) is 0 Å². The Morgan fingerprint density at radius 3 is 2.64 bits per heavy atom. The van der Waals surface area contributed by atoms with Crippen molar-refractivity contribution in [1.82, 2.24) is 9.80 Å². The molecule has 1 aliphatic rings.